The van der Waals surface area contributed by atoms with Gasteiger partial charge in [-0.2, -0.15) is 0 Å². The summed E-state index contributed by atoms with van der Waals surface area (Å²) in [6.07, 6.45) is 2.25. The Kier molecular flexibility index (Phi) is 5.95. The predicted molar refractivity (Wildman–Crippen MR) is 88.1 cm³/mol. The lowest BCUT2D eigenvalue weighted by atomic mass is 10.1. The molecular formula is C18H23NO5. The summed E-state index contributed by atoms with van der Waals surface area (Å²) in [4.78, 5) is 34.9. The normalized spacial score (nSPS) is 14.7. The SMILES string of the molecule is CCCOc1ccc(C(=O)CCC(=O)NCC2(C(=O)O)CC2)cc1. The van der Waals surface area contributed by atoms with Gasteiger partial charge in [0.25, 0.3) is 0 Å². The Balaban J connectivity index is 1.74. The Morgan fingerprint density at radius 1 is 1.17 bits per heavy atom. The molecule has 1 aliphatic carbocycles. The summed E-state index contributed by atoms with van der Waals surface area (Å²) >= 11 is 0. The third kappa shape index (κ3) is 4.81. The zero-order valence-corrected chi connectivity index (χ0v) is 13.8. The monoisotopic (exact) mass is 333 g/mol. The quantitative estimate of drug-likeness (QED) is 0.642. The first-order valence-electron chi connectivity index (χ1n) is 8.23. The summed E-state index contributed by atoms with van der Waals surface area (Å²) in [6, 6.07) is 6.86. The van der Waals surface area contributed by atoms with Gasteiger partial charge >= 0.3 is 5.97 Å². The summed E-state index contributed by atoms with van der Waals surface area (Å²) in [5.41, 5.74) is -0.246. The Bertz CT molecular complexity index is 604. The van der Waals surface area contributed by atoms with Crippen LogP contribution >= 0.6 is 0 Å². The minimum absolute atomic E-state index is 0.0582. The number of hydrogen-bond acceptors (Lipinski definition) is 4. The van der Waals surface area contributed by atoms with Crippen LogP contribution in [0.5, 0.6) is 5.75 Å². The molecule has 0 bridgehead atoms. The number of rotatable bonds is 10. The molecule has 0 aliphatic heterocycles. The van der Waals surface area contributed by atoms with Crippen LogP contribution in [0, 0.1) is 5.41 Å². The first-order valence-corrected chi connectivity index (χ1v) is 8.23. The van der Waals surface area contributed by atoms with E-state index in [9.17, 15) is 14.4 Å². The zero-order chi connectivity index (χ0) is 17.6. The molecule has 0 heterocycles. The van der Waals surface area contributed by atoms with E-state index in [-0.39, 0.29) is 31.1 Å². The van der Waals surface area contributed by atoms with E-state index >= 15 is 0 Å². The highest BCUT2D eigenvalue weighted by molar-refractivity contribution is 5.98. The Morgan fingerprint density at radius 2 is 1.83 bits per heavy atom. The van der Waals surface area contributed by atoms with Gasteiger partial charge in [0.2, 0.25) is 5.91 Å². The molecule has 1 fully saturated rings. The van der Waals surface area contributed by atoms with Gasteiger partial charge in [0.05, 0.1) is 12.0 Å². The molecule has 1 saturated carbocycles. The number of carbonyl (C=O) groups is 3. The summed E-state index contributed by atoms with van der Waals surface area (Å²) in [5.74, 6) is -0.566. The molecule has 0 spiro atoms. The molecule has 1 amide bonds. The van der Waals surface area contributed by atoms with E-state index in [0.717, 1.165) is 12.2 Å². The fourth-order valence-electron chi connectivity index (χ4n) is 2.30. The van der Waals surface area contributed by atoms with Crippen LogP contribution in [-0.4, -0.2) is 35.9 Å². The number of nitrogens with one attached hydrogen (secondary N) is 1. The second-order valence-corrected chi connectivity index (χ2v) is 6.16. The lowest BCUT2D eigenvalue weighted by Crippen LogP contribution is -2.34. The third-order valence-electron chi connectivity index (χ3n) is 4.16. The van der Waals surface area contributed by atoms with Crippen molar-refractivity contribution in [2.24, 2.45) is 5.41 Å². The van der Waals surface area contributed by atoms with Gasteiger partial charge in [-0.1, -0.05) is 6.92 Å². The van der Waals surface area contributed by atoms with Crippen LogP contribution in [0.3, 0.4) is 0 Å². The van der Waals surface area contributed by atoms with Gasteiger partial charge in [0.1, 0.15) is 5.75 Å². The standard InChI is InChI=1S/C18H23NO5/c1-2-11-24-14-5-3-13(4-6-14)15(20)7-8-16(21)19-12-18(9-10-18)17(22)23/h3-6H,2,7-12H2,1H3,(H,19,21)(H,22,23). The molecule has 2 N–H and O–H groups in total. The molecule has 1 aromatic rings. The van der Waals surface area contributed by atoms with Crippen LogP contribution < -0.4 is 10.1 Å². The van der Waals surface area contributed by atoms with Crippen molar-refractivity contribution < 1.29 is 24.2 Å². The van der Waals surface area contributed by atoms with Gasteiger partial charge in [-0.25, -0.2) is 0 Å². The summed E-state index contributed by atoms with van der Waals surface area (Å²) in [5, 5.41) is 11.7. The van der Waals surface area contributed by atoms with E-state index in [0.29, 0.717) is 25.0 Å². The van der Waals surface area contributed by atoms with Gasteiger partial charge in [-0.05, 0) is 43.5 Å². The van der Waals surface area contributed by atoms with E-state index in [1.165, 1.54) is 0 Å². The molecular weight excluding hydrogens is 310 g/mol. The maximum Gasteiger partial charge on any atom is 0.311 e. The predicted octanol–water partition coefficient (Wildman–Crippen LogP) is 2.42. The average molecular weight is 333 g/mol. The van der Waals surface area contributed by atoms with Crippen molar-refractivity contribution in [3.63, 3.8) is 0 Å². The van der Waals surface area contributed by atoms with Crippen LogP contribution in [-0.2, 0) is 9.59 Å². The minimum atomic E-state index is -0.871. The van der Waals surface area contributed by atoms with Crippen LogP contribution in [0.4, 0.5) is 0 Å². The van der Waals surface area contributed by atoms with E-state index in [4.69, 9.17) is 9.84 Å². The molecule has 0 atom stereocenters. The number of ether oxygens (including phenoxy) is 1. The highest BCUT2D eigenvalue weighted by Gasteiger charge is 2.50. The number of carbonyl (C=O) groups excluding carboxylic acids is 2. The van der Waals surface area contributed by atoms with Crippen molar-refractivity contribution in [1.82, 2.24) is 5.32 Å². The maximum atomic E-state index is 12.1. The Labute approximate surface area is 141 Å². The zero-order valence-electron chi connectivity index (χ0n) is 13.8. The average Bonchev–Trinajstić information content (AvgIpc) is 3.38. The van der Waals surface area contributed by atoms with Crippen LogP contribution in [0.15, 0.2) is 24.3 Å². The second kappa shape index (κ2) is 7.95. The van der Waals surface area contributed by atoms with Crippen molar-refractivity contribution in [2.45, 2.75) is 39.0 Å². The minimum Gasteiger partial charge on any atom is -0.494 e. The van der Waals surface area contributed by atoms with Crippen molar-refractivity contribution in [1.29, 1.82) is 0 Å². The molecule has 6 heteroatoms. The van der Waals surface area contributed by atoms with Crippen LogP contribution in [0.25, 0.3) is 0 Å². The molecule has 0 saturated heterocycles. The molecule has 24 heavy (non-hydrogen) atoms. The van der Waals surface area contributed by atoms with Crippen molar-refractivity contribution in [3.05, 3.63) is 29.8 Å². The molecule has 0 aromatic heterocycles. The molecule has 130 valence electrons. The van der Waals surface area contributed by atoms with Gasteiger partial charge in [0.15, 0.2) is 5.78 Å². The van der Waals surface area contributed by atoms with Gasteiger partial charge in [-0.3, -0.25) is 14.4 Å². The molecule has 0 unspecified atom stereocenters. The highest BCUT2D eigenvalue weighted by atomic mass is 16.5. The summed E-state index contributed by atoms with van der Waals surface area (Å²) in [6.45, 7) is 2.79. The van der Waals surface area contributed by atoms with Crippen molar-refractivity contribution in [2.75, 3.05) is 13.2 Å². The molecule has 6 nitrogen and oxygen atoms in total. The third-order valence-corrected chi connectivity index (χ3v) is 4.16. The van der Waals surface area contributed by atoms with Crippen molar-refractivity contribution in [3.8, 4) is 5.75 Å². The number of carboxylic acids is 1. The fraction of sp³-hybridized carbons (Fsp3) is 0.500. The van der Waals surface area contributed by atoms with E-state index in [1.807, 2.05) is 6.92 Å². The van der Waals surface area contributed by atoms with E-state index in [1.54, 1.807) is 24.3 Å². The van der Waals surface area contributed by atoms with E-state index in [2.05, 4.69) is 5.32 Å². The van der Waals surface area contributed by atoms with Gasteiger partial charge in [0, 0.05) is 24.9 Å². The molecule has 0 radical (unpaired) electrons. The number of aliphatic carboxylic acids is 1. The molecule has 1 aromatic carbocycles. The Morgan fingerprint density at radius 3 is 2.38 bits per heavy atom. The Hall–Kier alpha value is -2.37. The second-order valence-electron chi connectivity index (χ2n) is 6.16. The van der Waals surface area contributed by atoms with E-state index < -0.39 is 11.4 Å². The van der Waals surface area contributed by atoms with Crippen molar-refractivity contribution >= 4 is 17.7 Å². The largest absolute Gasteiger partial charge is 0.494 e. The first-order chi connectivity index (χ1) is 11.5. The van der Waals surface area contributed by atoms with Gasteiger partial charge < -0.3 is 15.2 Å². The highest BCUT2D eigenvalue weighted by Crippen LogP contribution is 2.45. The maximum absolute atomic E-state index is 12.1. The number of Topliss-reactive ketones (excluding diaryl/α,β-unsaturated/α-hetero) is 1. The number of hydrogen-bond donors (Lipinski definition) is 2. The van der Waals surface area contributed by atoms with Crippen LogP contribution in [0.1, 0.15) is 49.4 Å². The van der Waals surface area contributed by atoms with Crippen LogP contribution in [0.2, 0.25) is 0 Å². The molecule has 2 rings (SSSR count). The lowest BCUT2D eigenvalue weighted by Gasteiger charge is -2.11. The lowest BCUT2D eigenvalue weighted by molar-refractivity contribution is -0.143. The molecule has 1 aliphatic rings. The summed E-state index contributed by atoms with van der Waals surface area (Å²) in [7, 11) is 0. The first kappa shape index (κ1) is 18.0. The smallest absolute Gasteiger partial charge is 0.311 e. The topological polar surface area (TPSA) is 92.7 Å². The number of ketones is 1. The van der Waals surface area contributed by atoms with Gasteiger partial charge in [-0.15, -0.1) is 0 Å². The summed E-state index contributed by atoms with van der Waals surface area (Å²) < 4.78 is 5.45. The number of amides is 1. The number of carboxylic acid groups (broad SMARTS) is 1. The fourth-order valence-corrected chi connectivity index (χ4v) is 2.30. The number of benzene rings is 1.